The molecular weight excluding hydrogens is 392 g/mol. The van der Waals surface area contributed by atoms with Crippen LogP contribution in [0.25, 0.3) is 0 Å². The van der Waals surface area contributed by atoms with E-state index in [0.29, 0.717) is 10.7 Å². The summed E-state index contributed by atoms with van der Waals surface area (Å²) in [4.78, 5) is 45.9. The van der Waals surface area contributed by atoms with Gasteiger partial charge in [-0.2, -0.15) is 0 Å². The maximum Gasteiger partial charge on any atom is 0.343 e. The third-order valence-corrected chi connectivity index (χ3v) is 5.01. The van der Waals surface area contributed by atoms with Crippen molar-refractivity contribution in [2.24, 2.45) is 0 Å². The summed E-state index contributed by atoms with van der Waals surface area (Å²) in [6.07, 6.45) is 1.25. The highest BCUT2D eigenvalue weighted by Crippen LogP contribution is 2.33. The van der Waals surface area contributed by atoms with Crippen molar-refractivity contribution in [1.82, 2.24) is 9.97 Å². The van der Waals surface area contributed by atoms with Gasteiger partial charge in [-0.05, 0) is 25.1 Å². The van der Waals surface area contributed by atoms with Crippen molar-refractivity contribution in [1.29, 1.82) is 0 Å². The Morgan fingerprint density at radius 1 is 1.44 bits per heavy atom. The Hall–Kier alpha value is -2.65. The van der Waals surface area contributed by atoms with Crippen LogP contribution in [0.3, 0.4) is 0 Å². The number of thioether (sulfide) groups is 1. The lowest BCUT2D eigenvalue weighted by atomic mass is 10.3. The molecule has 2 N–H and O–H groups in total. The standard InChI is InChI=1S/C17H15ClN4O4S/c1-2-26-16(25)11-8-20-17(21-14(11)19)27-12-7-13(23)22(15(12)24)10-5-3-4-9(18)6-10/h3-6,8,12H,2,7H2,1H3,(H2,19,20,21)/t12-/m1/s1. The van der Waals surface area contributed by atoms with Crippen molar-refractivity contribution in [2.75, 3.05) is 17.2 Å². The zero-order valence-corrected chi connectivity index (χ0v) is 15.8. The number of hydrogen-bond donors (Lipinski definition) is 1. The van der Waals surface area contributed by atoms with E-state index in [2.05, 4.69) is 9.97 Å². The lowest BCUT2D eigenvalue weighted by Gasteiger charge is -2.15. The average Bonchev–Trinajstić information content (AvgIpc) is 2.88. The first kappa shape index (κ1) is 19.1. The SMILES string of the molecule is CCOC(=O)c1cnc(S[C@@H]2CC(=O)N(c3cccc(Cl)c3)C2=O)nc1N. The van der Waals surface area contributed by atoms with Crippen molar-refractivity contribution < 1.29 is 19.1 Å². The molecule has 2 amide bonds. The minimum atomic E-state index is -0.690. The predicted octanol–water partition coefficient (Wildman–Crippen LogP) is 2.31. The molecule has 8 nitrogen and oxygen atoms in total. The first-order valence-corrected chi connectivity index (χ1v) is 9.25. The number of rotatable bonds is 5. The van der Waals surface area contributed by atoms with Crippen LogP contribution in [0.1, 0.15) is 23.7 Å². The van der Waals surface area contributed by atoms with Gasteiger partial charge in [0.25, 0.3) is 0 Å². The Morgan fingerprint density at radius 3 is 2.89 bits per heavy atom. The van der Waals surface area contributed by atoms with Crippen LogP contribution < -0.4 is 10.6 Å². The van der Waals surface area contributed by atoms with Crippen molar-refractivity contribution in [3.63, 3.8) is 0 Å². The second-order valence-corrected chi connectivity index (χ2v) is 7.14. The van der Waals surface area contributed by atoms with Crippen LogP contribution in [-0.2, 0) is 14.3 Å². The summed E-state index contributed by atoms with van der Waals surface area (Å²) >= 11 is 6.95. The second kappa shape index (κ2) is 7.93. The van der Waals surface area contributed by atoms with Gasteiger partial charge in [-0.15, -0.1) is 0 Å². The van der Waals surface area contributed by atoms with E-state index in [1.54, 1.807) is 31.2 Å². The summed E-state index contributed by atoms with van der Waals surface area (Å²) in [6, 6.07) is 6.50. The first-order valence-electron chi connectivity index (χ1n) is 7.99. The topological polar surface area (TPSA) is 115 Å². The number of carbonyl (C=O) groups is 3. The van der Waals surface area contributed by atoms with E-state index in [0.717, 1.165) is 16.7 Å². The van der Waals surface area contributed by atoms with Crippen LogP contribution in [0.5, 0.6) is 0 Å². The largest absolute Gasteiger partial charge is 0.462 e. The second-order valence-electron chi connectivity index (χ2n) is 5.53. The number of ether oxygens (including phenoxy) is 1. The smallest absolute Gasteiger partial charge is 0.343 e. The van der Waals surface area contributed by atoms with Crippen molar-refractivity contribution in [2.45, 2.75) is 23.8 Å². The zero-order chi connectivity index (χ0) is 19.6. The van der Waals surface area contributed by atoms with Gasteiger partial charge in [-0.25, -0.2) is 19.7 Å². The van der Waals surface area contributed by atoms with E-state index < -0.39 is 11.2 Å². The molecule has 0 aliphatic carbocycles. The highest BCUT2D eigenvalue weighted by molar-refractivity contribution is 8.00. The number of carbonyl (C=O) groups excluding carboxylic acids is 3. The molecule has 10 heteroatoms. The maximum absolute atomic E-state index is 12.7. The fourth-order valence-electron chi connectivity index (χ4n) is 2.51. The lowest BCUT2D eigenvalue weighted by molar-refractivity contribution is -0.121. The number of amides is 2. The number of benzene rings is 1. The number of nitrogen functional groups attached to an aromatic ring is 1. The number of halogens is 1. The van der Waals surface area contributed by atoms with Gasteiger partial charge >= 0.3 is 5.97 Å². The fraction of sp³-hybridized carbons (Fsp3) is 0.235. The van der Waals surface area contributed by atoms with E-state index in [4.69, 9.17) is 22.1 Å². The number of nitrogens with zero attached hydrogens (tertiary/aromatic N) is 3. The summed E-state index contributed by atoms with van der Waals surface area (Å²) in [5.74, 6) is -1.39. The van der Waals surface area contributed by atoms with Gasteiger partial charge in [0, 0.05) is 17.6 Å². The molecule has 3 rings (SSSR count). The highest BCUT2D eigenvalue weighted by atomic mass is 35.5. The number of anilines is 2. The molecule has 1 aromatic carbocycles. The summed E-state index contributed by atoms with van der Waals surface area (Å²) < 4.78 is 4.86. The molecule has 0 radical (unpaired) electrons. The van der Waals surface area contributed by atoms with Crippen molar-refractivity contribution in [3.05, 3.63) is 41.0 Å². The Bertz CT molecular complexity index is 924. The van der Waals surface area contributed by atoms with Crippen LogP contribution in [-0.4, -0.2) is 39.6 Å². The van der Waals surface area contributed by atoms with Crippen LogP contribution in [0.15, 0.2) is 35.6 Å². The predicted molar refractivity (Wildman–Crippen MR) is 101 cm³/mol. The number of aromatic nitrogens is 2. The van der Waals surface area contributed by atoms with E-state index in [1.807, 2.05) is 0 Å². The van der Waals surface area contributed by atoms with Gasteiger partial charge in [0.15, 0.2) is 5.16 Å². The highest BCUT2D eigenvalue weighted by Gasteiger charge is 2.40. The normalized spacial score (nSPS) is 16.7. The molecule has 1 atom stereocenters. The van der Waals surface area contributed by atoms with Gasteiger partial charge in [-0.1, -0.05) is 29.4 Å². The molecular formula is C17H15ClN4O4S. The van der Waals surface area contributed by atoms with Crippen LogP contribution in [0.4, 0.5) is 11.5 Å². The van der Waals surface area contributed by atoms with Crippen molar-refractivity contribution >= 4 is 52.7 Å². The molecule has 0 saturated carbocycles. The molecule has 1 saturated heterocycles. The van der Waals surface area contributed by atoms with Crippen LogP contribution in [0, 0.1) is 0 Å². The van der Waals surface area contributed by atoms with Gasteiger partial charge in [-0.3, -0.25) is 9.59 Å². The maximum atomic E-state index is 12.7. The number of imide groups is 1. The third kappa shape index (κ3) is 4.04. The van der Waals surface area contributed by atoms with Gasteiger partial charge in [0.05, 0.1) is 12.3 Å². The van der Waals surface area contributed by atoms with Gasteiger partial charge in [0.1, 0.15) is 16.6 Å². The Kier molecular flexibility index (Phi) is 5.62. The third-order valence-electron chi connectivity index (χ3n) is 3.71. The molecule has 1 aromatic heterocycles. The number of hydrogen-bond acceptors (Lipinski definition) is 8. The van der Waals surface area contributed by atoms with E-state index in [1.165, 1.54) is 6.20 Å². The Balaban J connectivity index is 1.77. The minimum absolute atomic E-state index is 0.00109. The average molecular weight is 407 g/mol. The summed E-state index contributed by atoms with van der Waals surface area (Å²) in [6.45, 7) is 1.88. The summed E-state index contributed by atoms with van der Waals surface area (Å²) in [5.41, 5.74) is 6.25. The fourth-order valence-corrected chi connectivity index (χ4v) is 3.65. The van der Waals surface area contributed by atoms with Crippen molar-refractivity contribution in [3.8, 4) is 0 Å². The molecule has 0 unspecified atom stereocenters. The molecule has 1 aliphatic rings. The molecule has 140 valence electrons. The first-order chi connectivity index (χ1) is 12.9. The number of esters is 1. The van der Waals surface area contributed by atoms with Gasteiger partial charge < -0.3 is 10.5 Å². The molecule has 1 fully saturated rings. The van der Waals surface area contributed by atoms with E-state index in [9.17, 15) is 14.4 Å². The Morgan fingerprint density at radius 2 is 2.22 bits per heavy atom. The van der Waals surface area contributed by atoms with Crippen LogP contribution in [0.2, 0.25) is 5.02 Å². The Labute approximate surface area is 164 Å². The van der Waals surface area contributed by atoms with Gasteiger partial charge in [0.2, 0.25) is 11.8 Å². The number of nitrogens with two attached hydrogens (primary N) is 1. The molecule has 27 heavy (non-hydrogen) atoms. The quantitative estimate of drug-likeness (QED) is 0.457. The molecule has 2 aromatic rings. The molecule has 0 bridgehead atoms. The van der Waals surface area contributed by atoms with Crippen LogP contribution >= 0.6 is 23.4 Å². The lowest BCUT2D eigenvalue weighted by Crippen LogP contribution is -2.31. The molecule has 0 spiro atoms. The zero-order valence-electron chi connectivity index (χ0n) is 14.2. The molecule has 1 aliphatic heterocycles. The molecule has 2 heterocycles. The van der Waals surface area contributed by atoms with E-state index in [-0.39, 0.29) is 41.4 Å². The minimum Gasteiger partial charge on any atom is -0.462 e. The summed E-state index contributed by atoms with van der Waals surface area (Å²) in [5, 5.41) is -0.0705. The summed E-state index contributed by atoms with van der Waals surface area (Å²) in [7, 11) is 0. The monoisotopic (exact) mass is 406 g/mol. The van der Waals surface area contributed by atoms with E-state index >= 15 is 0 Å².